The Morgan fingerprint density at radius 2 is 1.76 bits per heavy atom. The van der Waals surface area contributed by atoms with Crippen LogP contribution in [0.2, 0.25) is 0 Å². The van der Waals surface area contributed by atoms with Gasteiger partial charge in [-0.1, -0.05) is 22.0 Å². The first kappa shape index (κ1) is 16.7. The van der Waals surface area contributed by atoms with Crippen LogP contribution in [-0.4, -0.2) is 14.2 Å². The molecule has 2 rings (SSSR count). The van der Waals surface area contributed by atoms with Gasteiger partial charge in [0.15, 0.2) is 0 Å². The molecule has 2 aromatic rings. The lowest BCUT2D eigenvalue weighted by molar-refractivity contribution is 0.386. The van der Waals surface area contributed by atoms with Gasteiger partial charge in [-0.2, -0.15) is 0 Å². The summed E-state index contributed by atoms with van der Waals surface area (Å²) in [5, 5.41) is -0.307. The van der Waals surface area contributed by atoms with Gasteiger partial charge in [-0.25, -0.2) is 0 Å². The van der Waals surface area contributed by atoms with Gasteiger partial charge in [-0.05, 0) is 58.2 Å². The maximum atomic E-state index is 6.66. The molecule has 1 atom stereocenters. The van der Waals surface area contributed by atoms with E-state index in [1.165, 1.54) is 0 Å². The smallest absolute Gasteiger partial charge is 0.141 e. The van der Waals surface area contributed by atoms with Crippen LogP contribution >= 0.6 is 43.5 Å². The molecule has 0 aliphatic heterocycles. The molecule has 0 aromatic heterocycles. The molecule has 2 nitrogen and oxygen atoms in total. The summed E-state index contributed by atoms with van der Waals surface area (Å²) in [6.45, 7) is 2.04. The van der Waals surface area contributed by atoms with Gasteiger partial charge in [-0.15, -0.1) is 11.6 Å². The fourth-order valence-electron chi connectivity index (χ4n) is 2.21. The average Bonchev–Trinajstić information content (AvgIpc) is 2.45. The highest BCUT2D eigenvalue weighted by atomic mass is 79.9. The summed E-state index contributed by atoms with van der Waals surface area (Å²) in [6, 6.07) is 9.94. The number of aryl methyl sites for hydroxylation is 1. The van der Waals surface area contributed by atoms with Crippen LogP contribution in [0, 0.1) is 6.92 Å². The molecule has 0 aliphatic rings. The maximum absolute atomic E-state index is 6.66. The second-order valence-corrected chi connectivity index (χ2v) is 6.77. The minimum absolute atomic E-state index is 0.307. The van der Waals surface area contributed by atoms with Crippen LogP contribution in [0.25, 0.3) is 0 Å². The molecule has 0 spiro atoms. The van der Waals surface area contributed by atoms with Crippen molar-refractivity contribution in [2.45, 2.75) is 12.3 Å². The van der Waals surface area contributed by atoms with Crippen LogP contribution in [0.5, 0.6) is 11.5 Å². The van der Waals surface area contributed by atoms with Crippen LogP contribution in [0.15, 0.2) is 39.3 Å². The lowest BCUT2D eigenvalue weighted by Gasteiger charge is -2.18. The van der Waals surface area contributed by atoms with Crippen LogP contribution < -0.4 is 9.47 Å². The van der Waals surface area contributed by atoms with Crippen molar-refractivity contribution in [3.63, 3.8) is 0 Å². The molecule has 0 fully saturated rings. The first-order valence-corrected chi connectivity index (χ1v) is 8.31. The van der Waals surface area contributed by atoms with Crippen molar-refractivity contribution in [2.75, 3.05) is 14.2 Å². The van der Waals surface area contributed by atoms with E-state index in [2.05, 4.69) is 37.9 Å². The lowest BCUT2D eigenvalue weighted by atomic mass is 10.0. The minimum Gasteiger partial charge on any atom is -0.495 e. The fourth-order valence-corrected chi connectivity index (χ4v) is 3.82. The Morgan fingerprint density at radius 1 is 1.05 bits per heavy atom. The van der Waals surface area contributed by atoms with E-state index in [0.717, 1.165) is 25.6 Å². The number of halogens is 3. The van der Waals surface area contributed by atoms with Gasteiger partial charge in [0.2, 0.25) is 0 Å². The largest absolute Gasteiger partial charge is 0.495 e. The zero-order valence-corrected chi connectivity index (χ0v) is 15.8. The Kier molecular flexibility index (Phi) is 5.58. The zero-order valence-electron chi connectivity index (χ0n) is 11.9. The van der Waals surface area contributed by atoms with E-state index in [1.54, 1.807) is 14.2 Å². The van der Waals surface area contributed by atoms with Gasteiger partial charge >= 0.3 is 0 Å². The van der Waals surface area contributed by atoms with Crippen molar-refractivity contribution in [1.82, 2.24) is 0 Å². The Labute approximate surface area is 146 Å². The van der Waals surface area contributed by atoms with E-state index in [9.17, 15) is 0 Å². The van der Waals surface area contributed by atoms with E-state index < -0.39 is 0 Å². The quantitative estimate of drug-likeness (QED) is 0.561. The van der Waals surface area contributed by atoms with E-state index in [4.69, 9.17) is 21.1 Å². The molecule has 0 saturated carbocycles. The molecular weight excluding hydrogens is 419 g/mol. The monoisotopic (exact) mass is 432 g/mol. The summed E-state index contributed by atoms with van der Waals surface area (Å²) in [7, 11) is 3.24. The molecule has 0 saturated heterocycles. The van der Waals surface area contributed by atoms with Gasteiger partial charge < -0.3 is 9.47 Å². The Morgan fingerprint density at radius 3 is 2.33 bits per heavy atom. The summed E-state index contributed by atoms with van der Waals surface area (Å²) >= 11 is 13.7. The zero-order chi connectivity index (χ0) is 15.6. The molecule has 0 amide bonds. The fraction of sp³-hybridized carbons (Fsp3) is 0.250. The normalized spacial score (nSPS) is 12.1. The van der Waals surface area contributed by atoms with Crippen LogP contribution in [0.1, 0.15) is 22.1 Å². The standard InChI is InChI=1S/C16H15Br2ClO2/c1-9-6-10(8-11(17)7-9)15(19)12-4-5-13(20-2)14(18)16(12)21-3/h4-8,15H,1-3H3. The van der Waals surface area contributed by atoms with Crippen molar-refractivity contribution in [1.29, 1.82) is 0 Å². The van der Waals surface area contributed by atoms with Crippen molar-refractivity contribution in [3.8, 4) is 11.5 Å². The van der Waals surface area contributed by atoms with Gasteiger partial charge in [-0.3, -0.25) is 0 Å². The second kappa shape index (κ2) is 7.03. The minimum atomic E-state index is -0.307. The number of benzene rings is 2. The van der Waals surface area contributed by atoms with Gasteiger partial charge in [0, 0.05) is 10.0 Å². The summed E-state index contributed by atoms with van der Waals surface area (Å²) in [6.07, 6.45) is 0. The summed E-state index contributed by atoms with van der Waals surface area (Å²) < 4.78 is 12.6. The third-order valence-corrected chi connectivity index (χ3v) is 4.84. The molecule has 0 N–H and O–H groups in total. The molecule has 2 aromatic carbocycles. The SMILES string of the molecule is COc1ccc(C(Cl)c2cc(C)cc(Br)c2)c(OC)c1Br. The molecular formula is C16H15Br2ClO2. The maximum Gasteiger partial charge on any atom is 0.141 e. The van der Waals surface area contributed by atoms with Crippen LogP contribution in [0.3, 0.4) is 0 Å². The Bertz CT molecular complexity index is 639. The van der Waals surface area contributed by atoms with E-state index in [1.807, 2.05) is 31.2 Å². The van der Waals surface area contributed by atoms with Crippen molar-refractivity contribution in [2.24, 2.45) is 0 Å². The average molecular weight is 435 g/mol. The number of alkyl halides is 1. The molecule has 21 heavy (non-hydrogen) atoms. The van der Waals surface area contributed by atoms with Gasteiger partial charge in [0.05, 0.1) is 19.6 Å². The van der Waals surface area contributed by atoms with Crippen LogP contribution in [-0.2, 0) is 0 Å². The first-order chi connectivity index (χ1) is 9.97. The topological polar surface area (TPSA) is 18.5 Å². The van der Waals surface area contributed by atoms with Gasteiger partial charge in [0.25, 0.3) is 0 Å². The summed E-state index contributed by atoms with van der Waals surface area (Å²) in [5.41, 5.74) is 3.06. The Balaban J connectivity index is 2.52. The highest BCUT2D eigenvalue weighted by Gasteiger charge is 2.20. The Hall–Kier alpha value is -0.710. The number of rotatable bonds is 4. The predicted octanol–water partition coefficient (Wildman–Crippen LogP) is 5.87. The van der Waals surface area contributed by atoms with Crippen molar-refractivity contribution >= 4 is 43.5 Å². The molecule has 0 aliphatic carbocycles. The number of hydrogen-bond acceptors (Lipinski definition) is 2. The summed E-state index contributed by atoms with van der Waals surface area (Å²) in [4.78, 5) is 0. The number of hydrogen-bond donors (Lipinski definition) is 0. The van der Waals surface area contributed by atoms with Crippen molar-refractivity contribution in [3.05, 3.63) is 56.0 Å². The van der Waals surface area contributed by atoms with Gasteiger partial charge in [0.1, 0.15) is 16.0 Å². The molecule has 5 heteroatoms. The second-order valence-electron chi connectivity index (χ2n) is 4.63. The van der Waals surface area contributed by atoms with E-state index >= 15 is 0 Å². The van der Waals surface area contributed by atoms with Crippen LogP contribution in [0.4, 0.5) is 0 Å². The van der Waals surface area contributed by atoms with Crippen molar-refractivity contribution < 1.29 is 9.47 Å². The van der Waals surface area contributed by atoms with E-state index in [-0.39, 0.29) is 5.38 Å². The summed E-state index contributed by atoms with van der Waals surface area (Å²) in [5.74, 6) is 1.40. The molecule has 1 unspecified atom stereocenters. The predicted molar refractivity (Wildman–Crippen MR) is 93.8 cm³/mol. The third kappa shape index (κ3) is 3.55. The molecule has 0 bridgehead atoms. The highest BCUT2D eigenvalue weighted by molar-refractivity contribution is 9.11. The molecule has 0 heterocycles. The third-order valence-electron chi connectivity index (χ3n) is 3.15. The van der Waals surface area contributed by atoms with E-state index in [0.29, 0.717) is 11.5 Å². The molecule has 112 valence electrons. The first-order valence-electron chi connectivity index (χ1n) is 6.29. The lowest BCUT2D eigenvalue weighted by Crippen LogP contribution is -2.00. The highest BCUT2D eigenvalue weighted by Crippen LogP contribution is 2.43. The number of ether oxygens (including phenoxy) is 2. The molecule has 0 radical (unpaired) electrons. The number of methoxy groups -OCH3 is 2.